The fourth-order valence-corrected chi connectivity index (χ4v) is 1.89. The largest absolute Gasteiger partial charge is 0.478 e. The molecule has 2 N–H and O–H groups in total. The Morgan fingerprint density at radius 3 is 3.00 bits per heavy atom. The predicted octanol–water partition coefficient (Wildman–Crippen LogP) is 0.653. The van der Waals surface area contributed by atoms with Gasteiger partial charge >= 0.3 is 0 Å². The van der Waals surface area contributed by atoms with E-state index in [1.54, 1.807) is 23.2 Å². The van der Waals surface area contributed by atoms with Crippen LogP contribution < -0.4 is 10.5 Å². The lowest BCUT2D eigenvalue weighted by molar-refractivity contribution is 0.0790. The molecule has 2 heterocycles. The van der Waals surface area contributed by atoms with Crippen molar-refractivity contribution in [2.75, 3.05) is 19.7 Å². The summed E-state index contributed by atoms with van der Waals surface area (Å²) in [7, 11) is 0. The topological polar surface area (TPSA) is 68.5 Å². The van der Waals surface area contributed by atoms with Crippen molar-refractivity contribution in [1.82, 2.24) is 9.88 Å². The van der Waals surface area contributed by atoms with Crippen LogP contribution in [-0.4, -0.2) is 41.5 Å². The molecule has 1 aliphatic rings. The molecule has 92 valence electrons. The van der Waals surface area contributed by atoms with Gasteiger partial charge in [-0.25, -0.2) is 4.98 Å². The zero-order valence-electron chi connectivity index (χ0n) is 9.93. The minimum absolute atomic E-state index is 0.00602. The Morgan fingerprint density at radius 1 is 1.65 bits per heavy atom. The van der Waals surface area contributed by atoms with Crippen molar-refractivity contribution in [3.63, 3.8) is 0 Å². The number of likely N-dealkylation sites (tertiary alicyclic amines) is 1. The van der Waals surface area contributed by atoms with Gasteiger partial charge in [-0.1, -0.05) is 0 Å². The van der Waals surface area contributed by atoms with E-state index in [1.165, 1.54) is 0 Å². The van der Waals surface area contributed by atoms with Gasteiger partial charge in [0.05, 0.1) is 12.2 Å². The summed E-state index contributed by atoms with van der Waals surface area (Å²) in [6.45, 7) is 3.83. The van der Waals surface area contributed by atoms with E-state index in [0.29, 0.717) is 24.6 Å². The lowest BCUT2D eigenvalue weighted by Crippen LogP contribution is -2.31. The zero-order chi connectivity index (χ0) is 12.3. The maximum absolute atomic E-state index is 12.1. The molecule has 1 aromatic rings. The molecule has 0 saturated carbocycles. The molecule has 1 amide bonds. The van der Waals surface area contributed by atoms with E-state index in [2.05, 4.69) is 4.98 Å². The number of rotatable bonds is 3. The SMILES string of the molecule is CCOc1ccc(C(=O)N2CC[C@@H](N)C2)cn1. The average molecular weight is 235 g/mol. The van der Waals surface area contributed by atoms with Crippen molar-refractivity contribution in [3.8, 4) is 5.88 Å². The molecule has 5 heteroatoms. The number of hydrogen-bond donors (Lipinski definition) is 1. The quantitative estimate of drug-likeness (QED) is 0.835. The van der Waals surface area contributed by atoms with Crippen LogP contribution in [-0.2, 0) is 0 Å². The molecule has 2 rings (SSSR count). The molecule has 1 atom stereocenters. The Balaban J connectivity index is 2.04. The highest BCUT2D eigenvalue weighted by atomic mass is 16.5. The van der Waals surface area contributed by atoms with Gasteiger partial charge in [-0.3, -0.25) is 4.79 Å². The first-order chi connectivity index (χ1) is 8.20. The van der Waals surface area contributed by atoms with Crippen LogP contribution in [0.5, 0.6) is 5.88 Å². The van der Waals surface area contributed by atoms with Crippen LogP contribution in [0, 0.1) is 0 Å². The molecular formula is C12H17N3O2. The lowest BCUT2D eigenvalue weighted by Gasteiger charge is -2.15. The second kappa shape index (κ2) is 5.14. The van der Waals surface area contributed by atoms with Gasteiger partial charge in [-0.05, 0) is 19.4 Å². The Labute approximate surface area is 101 Å². The first kappa shape index (κ1) is 11.9. The third-order valence-corrected chi connectivity index (χ3v) is 2.79. The highest BCUT2D eigenvalue weighted by Crippen LogP contribution is 2.14. The zero-order valence-corrected chi connectivity index (χ0v) is 9.93. The molecule has 0 radical (unpaired) electrons. The van der Waals surface area contributed by atoms with E-state index < -0.39 is 0 Å². The number of pyridine rings is 1. The Bertz CT molecular complexity index is 391. The van der Waals surface area contributed by atoms with E-state index in [9.17, 15) is 4.79 Å². The standard InChI is InChI=1S/C12H17N3O2/c1-2-17-11-4-3-9(7-14-11)12(16)15-6-5-10(13)8-15/h3-4,7,10H,2,5-6,8,13H2,1H3/t10-/m1/s1. The van der Waals surface area contributed by atoms with Crippen LogP contribution in [0.1, 0.15) is 23.7 Å². The van der Waals surface area contributed by atoms with Crippen LogP contribution in [0.15, 0.2) is 18.3 Å². The normalized spacial score (nSPS) is 19.4. The number of nitrogens with zero attached hydrogens (tertiary/aromatic N) is 2. The third-order valence-electron chi connectivity index (χ3n) is 2.79. The molecule has 0 spiro atoms. The minimum Gasteiger partial charge on any atom is -0.478 e. The maximum Gasteiger partial charge on any atom is 0.255 e. The van der Waals surface area contributed by atoms with E-state index in [1.807, 2.05) is 6.92 Å². The van der Waals surface area contributed by atoms with E-state index in [-0.39, 0.29) is 11.9 Å². The molecule has 0 aromatic carbocycles. The summed E-state index contributed by atoms with van der Waals surface area (Å²) < 4.78 is 5.23. The molecule has 5 nitrogen and oxygen atoms in total. The summed E-state index contributed by atoms with van der Waals surface area (Å²) in [5, 5.41) is 0. The summed E-state index contributed by atoms with van der Waals surface area (Å²) in [6, 6.07) is 3.56. The van der Waals surface area contributed by atoms with Crippen molar-refractivity contribution in [1.29, 1.82) is 0 Å². The monoisotopic (exact) mass is 235 g/mol. The predicted molar refractivity (Wildman–Crippen MR) is 63.9 cm³/mol. The first-order valence-corrected chi connectivity index (χ1v) is 5.84. The highest BCUT2D eigenvalue weighted by Gasteiger charge is 2.24. The van der Waals surface area contributed by atoms with Gasteiger partial charge in [-0.15, -0.1) is 0 Å². The number of amides is 1. The second-order valence-corrected chi connectivity index (χ2v) is 4.12. The van der Waals surface area contributed by atoms with Crippen molar-refractivity contribution < 1.29 is 9.53 Å². The molecule has 1 aliphatic heterocycles. The van der Waals surface area contributed by atoms with Crippen LogP contribution in [0.3, 0.4) is 0 Å². The van der Waals surface area contributed by atoms with Crippen molar-refractivity contribution in [2.24, 2.45) is 5.73 Å². The van der Waals surface area contributed by atoms with Crippen LogP contribution >= 0.6 is 0 Å². The fraction of sp³-hybridized carbons (Fsp3) is 0.500. The number of carbonyl (C=O) groups is 1. The number of carbonyl (C=O) groups excluding carboxylic acids is 1. The fourth-order valence-electron chi connectivity index (χ4n) is 1.89. The van der Waals surface area contributed by atoms with Crippen molar-refractivity contribution >= 4 is 5.91 Å². The van der Waals surface area contributed by atoms with Gasteiger partial charge in [-0.2, -0.15) is 0 Å². The summed E-state index contributed by atoms with van der Waals surface area (Å²) >= 11 is 0. The van der Waals surface area contributed by atoms with Crippen LogP contribution in [0.2, 0.25) is 0 Å². The molecule has 0 aliphatic carbocycles. The highest BCUT2D eigenvalue weighted by molar-refractivity contribution is 5.94. The van der Waals surface area contributed by atoms with Crippen molar-refractivity contribution in [3.05, 3.63) is 23.9 Å². The maximum atomic E-state index is 12.1. The lowest BCUT2D eigenvalue weighted by atomic mass is 10.2. The smallest absolute Gasteiger partial charge is 0.255 e. The Kier molecular flexibility index (Phi) is 3.58. The number of hydrogen-bond acceptors (Lipinski definition) is 4. The first-order valence-electron chi connectivity index (χ1n) is 5.84. The summed E-state index contributed by atoms with van der Waals surface area (Å²) in [6.07, 6.45) is 2.42. The number of nitrogens with two attached hydrogens (primary N) is 1. The molecule has 0 bridgehead atoms. The van der Waals surface area contributed by atoms with Crippen LogP contribution in [0.25, 0.3) is 0 Å². The molecule has 0 unspecified atom stereocenters. The second-order valence-electron chi connectivity index (χ2n) is 4.12. The Hall–Kier alpha value is -1.62. The van der Waals surface area contributed by atoms with Gasteiger partial charge in [0.1, 0.15) is 0 Å². The average Bonchev–Trinajstić information content (AvgIpc) is 2.76. The molecular weight excluding hydrogens is 218 g/mol. The molecule has 17 heavy (non-hydrogen) atoms. The van der Waals surface area contributed by atoms with E-state index in [4.69, 9.17) is 10.5 Å². The van der Waals surface area contributed by atoms with Gasteiger partial charge in [0.25, 0.3) is 5.91 Å². The van der Waals surface area contributed by atoms with Crippen LogP contribution in [0.4, 0.5) is 0 Å². The van der Waals surface area contributed by atoms with Gasteiger partial charge in [0, 0.05) is 31.4 Å². The molecule has 1 saturated heterocycles. The van der Waals surface area contributed by atoms with Crippen molar-refractivity contribution in [2.45, 2.75) is 19.4 Å². The molecule has 1 aromatic heterocycles. The third kappa shape index (κ3) is 2.74. The van der Waals surface area contributed by atoms with Gasteiger partial charge < -0.3 is 15.4 Å². The molecule has 1 fully saturated rings. The summed E-state index contributed by atoms with van der Waals surface area (Å²) in [5.74, 6) is 0.538. The van der Waals surface area contributed by atoms with E-state index >= 15 is 0 Å². The Morgan fingerprint density at radius 2 is 2.47 bits per heavy atom. The number of ether oxygens (including phenoxy) is 1. The minimum atomic E-state index is -0.00602. The number of aromatic nitrogens is 1. The van der Waals surface area contributed by atoms with E-state index in [0.717, 1.165) is 13.0 Å². The van der Waals surface area contributed by atoms with Gasteiger partial charge in [0.15, 0.2) is 0 Å². The van der Waals surface area contributed by atoms with Gasteiger partial charge in [0.2, 0.25) is 5.88 Å². The summed E-state index contributed by atoms with van der Waals surface area (Å²) in [4.78, 5) is 17.9. The summed E-state index contributed by atoms with van der Waals surface area (Å²) in [5.41, 5.74) is 6.36.